The van der Waals surface area contributed by atoms with E-state index in [9.17, 15) is 0 Å². The Bertz CT molecular complexity index is 408. The average Bonchev–Trinajstić information content (AvgIpc) is 2.47. The SMILES string of the molecule is COCC(C)(C)c1ccc(C(C)N2CCNCC2)cc1. The van der Waals surface area contributed by atoms with Crippen molar-refractivity contribution in [3.8, 4) is 0 Å². The van der Waals surface area contributed by atoms with E-state index >= 15 is 0 Å². The minimum atomic E-state index is 0.0750. The molecular weight excluding hydrogens is 248 g/mol. The van der Waals surface area contributed by atoms with Crippen LogP contribution in [0.15, 0.2) is 24.3 Å². The van der Waals surface area contributed by atoms with Gasteiger partial charge in [-0.2, -0.15) is 0 Å². The summed E-state index contributed by atoms with van der Waals surface area (Å²) in [4.78, 5) is 2.55. The molecule has 1 aliphatic heterocycles. The molecule has 1 aromatic carbocycles. The summed E-state index contributed by atoms with van der Waals surface area (Å²) in [6, 6.07) is 9.57. The van der Waals surface area contributed by atoms with Crippen molar-refractivity contribution in [1.29, 1.82) is 0 Å². The van der Waals surface area contributed by atoms with Gasteiger partial charge >= 0.3 is 0 Å². The summed E-state index contributed by atoms with van der Waals surface area (Å²) in [7, 11) is 1.77. The molecule has 0 radical (unpaired) electrons. The molecule has 20 heavy (non-hydrogen) atoms. The Morgan fingerprint density at radius 3 is 2.35 bits per heavy atom. The van der Waals surface area contributed by atoms with E-state index in [1.807, 2.05) is 0 Å². The molecule has 3 heteroatoms. The quantitative estimate of drug-likeness (QED) is 0.894. The molecule has 1 N–H and O–H groups in total. The predicted molar refractivity (Wildman–Crippen MR) is 84.2 cm³/mol. The Balaban J connectivity index is 2.07. The van der Waals surface area contributed by atoms with Gasteiger partial charge in [-0.1, -0.05) is 38.1 Å². The van der Waals surface area contributed by atoms with E-state index < -0.39 is 0 Å². The van der Waals surface area contributed by atoms with Gasteiger partial charge in [-0.05, 0) is 18.1 Å². The third kappa shape index (κ3) is 3.60. The van der Waals surface area contributed by atoms with Crippen molar-refractivity contribution in [2.75, 3.05) is 39.9 Å². The molecule has 1 atom stereocenters. The Morgan fingerprint density at radius 2 is 1.80 bits per heavy atom. The molecule has 1 unspecified atom stereocenters. The van der Waals surface area contributed by atoms with Crippen LogP contribution in [0.2, 0.25) is 0 Å². The maximum atomic E-state index is 5.32. The molecule has 0 aromatic heterocycles. The van der Waals surface area contributed by atoms with Crippen LogP contribution in [0.1, 0.15) is 37.9 Å². The Hall–Kier alpha value is -0.900. The highest BCUT2D eigenvalue weighted by Crippen LogP contribution is 2.26. The van der Waals surface area contributed by atoms with Gasteiger partial charge in [0.05, 0.1) is 6.61 Å². The number of hydrogen-bond donors (Lipinski definition) is 1. The fourth-order valence-corrected chi connectivity index (χ4v) is 2.94. The molecule has 0 aliphatic carbocycles. The summed E-state index contributed by atoms with van der Waals surface area (Å²) in [6.45, 7) is 12.0. The van der Waals surface area contributed by atoms with Crippen LogP contribution in [0, 0.1) is 0 Å². The number of benzene rings is 1. The summed E-state index contributed by atoms with van der Waals surface area (Å²) < 4.78 is 5.32. The first-order chi connectivity index (χ1) is 9.54. The Kier molecular flexibility index (Phi) is 5.19. The van der Waals surface area contributed by atoms with Gasteiger partial charge in [-0.25, -0.2) is 0 Å². The lowest BCUT2D eigenvalue weighted by atomic mass is 9.85. The normalized spacial score (nSPS) is 19.0. The number of methoxy groups -OCH3 is 1. The molecule has 0 spiro atoms. The van der Waals surface area contributed by atoms with E-state index in [-0.39, 0.29) is 5.41 Å². The second-order valence-electron chi connectivity index (χ2n) is 6.40. The van der Waals surface area contributed by atoms with Crippen molar-refractivity contribution in [3.05, 3.63) is 35.4 Å². The molecule has 1 heterocycles. The van der Waals surface area contributed by atoms with Gasteiger partial charge in [0.15, 0.2) is 0 Å². The summed E-state index contributed by atoms with van der Waals surface area (Å²) in [6.07, 6.45) is 0. The fourth-order valence-electron chi connectivity index (χ4n) is 2.94. The molecule has 3 nitrogen and oxygen atoms in total. The highest BCUT2D eigenvalue weighted by atomic mass is 16.5. The second kappa shape index (κ2) is 6.70. The third-order valence-electron chi connectivity index (χ3n) is 4.38. The molecule has 0 amide bonds. The van der Waals surface area contributed by atoms with E-state index in [0.29, 0.717) is 6.04 Å². The fraction of sp³-hybridized carbons (Fsp3) is 0.647. The van der Waals surface area contributed by atoms with Gasteiger partial charge in [0.2, 0.25) is 0 Å². The molecule has 0 saturated carbocycles. The van der Waals surface area contributed by atoms with E-state index in [1.165, 1.54) is 11.1 Å². The first-order valence-corrected chi connectivity index (χ1v) is 7.59. The van der Waals surface area contributed by atoms with Gasteiger partial charge in [0, 0.05) is 44.7 Å². The Labute approximate surface area is 123 Å². The number of rotatable bonds is 5. The minimum absolute atomic E-state index is 0.0750. The molecule has 1 fully saturated rings. The summed E-state index contributed by atoms with van der Waals surface area (Å²) >= 11 is 0. The van der Waals surface area contributed by atoms with Crippen LogP contribution in [0.5, 0.6) is 0 Å². The number of piperazine rings is 1. The highest BCUT2D eigenvalue weighted by molar-refractivity contribution is 5.29. The van der Waals surface area contributed by atoms with Gasteiger partial charge in [-0.3, -0.25) is 4.90 Å². The zero-order valence-corrected chi connectivity index (χ0v) is 13.3. The second-order valence-corrected chi connectivity index (χ2v) is 6.40. The molecular formula is C17H28N2O. The van der Waals surface area contributed by atoms with Gasteiger partial charge in [-0.15, -0.1) is 0 Å². The van der Waals surface area contributed by atoms with E-state index in [0.717, 1.165) is 32.8 Å². The van der Waals surface area contributed by atoms with Gasteiger partial charge in [0.25, 0.3) is 0 Å². The third-order valence-corrected chi connectivity index (χ3v) is 4.38. The monoisotopic (exact) mass is 276 g/mol. The van der Waals surface area contributed by atoms with Crippen LogP contribution in [-0.2, 0) is 10.2 Å². The lowest BCUT2D eigenvalue weighted by Crippen LogP contribution is -2.44. The van der Waals surface area contributed by atoms with E-state index in [2.05, 4.69) is 55.3 Å². The minimum Gasteiger partial charge on any atom is -0.384 e. The Morgan fingerprint density at radius 1 is 1.20 bits per heavy atom. The summed E-state index contributed by atoms with van der Waals surface area (Å²) in [5.74, 6) is 0. The zero-order chi connectivity index (χ0) is 14.6. The lowest BCUT2D eigenvalue weighted by Gasteiger charge is -2.33. The summed E-state index contributed by atoms with van der Waals surface area (Å²) in [5.41, 5.74) is 2.82. The van der Waals surface area contributed by atoms with Crippen LogP contribution in [-0.4, -0.2) is 44.8 Å². The van der Waals surface area contributed by atoms with Gasteiger partial charge in [0.1, 0.15) is 0 Å². The van der Waals surface area contributed by atoms with Crippen molar-refractivity contribution in [3.63, 3.8) is 0 Å². The van der Waals surface area contributed by atoms with Crippen LogP contribution < -0.4 is 5.32 Å². The van der Waals surface area contributed by atoms with Crippen LogP contribution in [0.25, 0.3) is 0 Å². The zero-order valence-electron chi connectivity index (χ0n) is 13.3. The smallest absolute Gasteiger partial charge is 0.0553 e. The molecule has 112 valence electrons. The van der Waals surface area contributed by atoms with Crippen molar-refractivity contribution < 1.29 is 4.74 Å². The lowest BCUT2D eigenvalue weighted by molar-refractivity contribution is 0.146. The molecule has 0 bridgehead atoms. The van der Waals surface area contributed by atoms with Crippen LogP contribution in [0.4, 0.5) is 0 Å². The molecule has 1 saturated heterocycles. The van der Waals surface area contributed by atoms with Crippen molar-refractivity contribution in [2.45, 2.75) is 32.2 Å². The number of nitrogens with one attached hydrogen (secondary N) is 1. The standard InChI is InChI=1S/C17H28N2O/c1-14(19-11-9-18-10-12-19)15-5-7-16(8-6-15)17(2,3)13-20-4/h5-8,14,18H,9-13H2,1-4H3. The van der Waals surface area contributed by atoms with E-state index in [4.69, 9.17) is 4.74 Å². The molecule has 1 aliphatic rings. The van der Waals surface area contributed by atoms with Crippen LogP contribution >= 0.6 is 0 Å². The highest BCUT2D eigenvalue weighted by Gasteiger charge is 2.22. The maximum absolute atomic E-state index is 5.32. The summed E-state index contributed by atoms with van der Waals surface area (Å²) in [5, 5.41) is 3.41. The van der Waals surface area contributed by atoms with Crippen molar-refractivity contribution in [1.82, 2.24) is 10.2 Å². The van der Waals surface area contributed by atoms with E-state index in [1.54, 1.807) is 7.11 Å². The van der Waals surface area contributed by atoms with Crippen molar-refractivity contribution >= 4 is 0 Å². The largest absolute Gasteiger partial charge is 0.384 e. The van der Waals surface area contributed by atoms with Crippen LogP contribution in [0.3, 0.4) is 0 Å². The van der Waals surface area contributed by atoms with Gasteiger partial charge < -0.3 is 10.1 Å². The predicted octanol–water partition coefficient (Wildman–Crippen LogP) is 2.58. The first kappa shape index (κ1) is 15.5. The van der Waals surface area contributed by atoms with Crippen molar-refractivity contribution in [2.24, 2.45) is 0 Å². The first-order valence-electron chi connectivity index (χ1n) is 7.59. The molecule has 2 rings (SSSR count). The topological polar surface area (TPSA) is 24.5 Å². The maximum Gasteiger partial charge on any atom is 0.0553 e. The number of hydrogen-bond acceptors (Lipinski definition) is 3. The average molecular weight is 276 g/mol. The number of ether oxygens (including phenoxy) is 1. The number of nitrogens with zero attached hydrogens (tertiary/aromatic N) is 1. The molecule has 1 aromatic rings.